The van der Waals surface area contributed by atoms with Crippen LogP contribution in [0.2, 0.25) is 0 Å². The Morgan fingerprint density at radius 2 is 1.90 bits per heavy atom. The highest BCUT2D eigenvalue weighted by Crippen LogP contribution is 2.08. The molecule has 0 bridgehead atoms. The van der Waals surface area contributed by atoms with Gasteiger partial charge in [0.2, 0.25) is 5.91 Å². The lowest BCUT2D eigenvalue weighted by Gasteiger charge is -2.18. The summed E-state index contributed by atoms with van der Waals surface area (Å²) in [5.41, 5.74) is 1.74. The maximum atomic E-state index is 12.9. The number of carbonyl (C=O) groups is 2. The minimum absolute atomic E-state index is 0.152. The largest absolute Gasteiger partial charge is 0.459 e. The zero-order valence-electron chi connectivity index (χ0n) is 16.5. The number of benzene rings is 1. The highest BCUT2D eigenvalue weighted by atomic mass is 16.3. The fourth-order valence-corrected chi connectivity index (χ4v) is 2.99. The standard InChI is InChI=1S/C22H20N6O3/c29-21(25-13-17-8-9-20(24-12-17)28-15-23-14-26-28)18(11-16-5-2-1-3-6-16)27-22(30)19-7-4-10-31-19/h1-10,12,14-15,18H,11,13H2,(H,25,29)(H,27,30)/t18-/m0/s1. The molecule has 4 aromatic rings. The van der Waals surface area contributed by atoms with Crippen molar-refractivity contribution in [3.63, 3.8) is 0 Å². The van der Waals surface area contributed by atoms with E-state index in [1.165, 1.54) is 12.6 Å². The van der Waals surface area contributed by atoms with Gasteiger partial charge in [-0.1, -0.05) is 36.4 Å². The summed E-state index contributed by atoms with van der Waals surface area (Å²) in [6.45, 7) is 0.269. The number of amides is 2. The van der Waals surface area contributed by atoms with Crippen molar-refractivity contribution < 1.29 is 14.0 Å². The number of furan rings is 1. The number of pyridine rings is 1. The Morgan fingerprint density at radius 3 is 2.58 bits per heavy atom. The summed E-state index contributed by atoms with van der Waals surface area (Å²) >= 11 is 0. The average Bonchev–Trinajstić information content (AvgIpc) is 3.53. The smallest absolute Gasteiger partial charge is 0.287 e. The van der Waals surface area contributed by atoms with Crippen LogP contribution < -0.4 is 10.6 Å². The number of carbonyl (C=O) groups excluding carboxylic acids is 2. The van der Waals surface area contributed by atoms with Crippen LogP contribution in [-0.2, 0) is 17.8 Å². The molecule has 0 aliphatic carbocycles. The van der Waals surface area contributed by atoms with Gasteiger partial charge in [0.25, 0.3) is 5.91 Å². The molecule has 2 N–H and O–H groups in total. The fraction of sp³-hybridized carbons (Fsp3) is 0.136. The molecule has 0 saturated carbocycles. The number of nitrogens with one attached hydrogen (secondary N) is 2. The molecule has 9 heteroatoms. The van der Waals surface area contributed by atoms with E-state index in [-0.39, 0.29) is 18.2 Å². The summed E-state index contributed by atoms with van der Waals surface area (Å²) in [5, 5.41) is 9.65. The topological polar surface area (TPSA) is 115 Å². The van der Waals surface area contributed by atoms with Crippen molar-refractivity contribution in [2.45, 2.75) is 19.0 Å². The maximum absolute atomic E-state index is 12.9. The van der Waals surface area contributed by atoms with E-state index in [0.29, 0.717) is 12.2 Å². The van der Waals surface area contributed by atoms with Crippen molar-refractivity contribution in [1.29, 1.82) is 0 Å². The second kappa shape index (κ2) is 9.49. The molecular weight excluding hydrogens is 396 g/mol. The van der Waals surface area contributed by atoms with Crippen LogP contribution in [0.4, 0.5) is 0 Å². The first-order valence-electron chi connectivity index (χ1n) is 9.65. The highest BCUT2D eigenvalue weighted by Gasteiger charge is 2.23. The third-order valence-electron chi connectivity index (χ3n) is 4.58. The molecule has 1 atom stereocenters. The SMILES string of the molecule is O=C(N[C@@H](Cc1ccccc1)C(=O)NCc1ccc(-n2cncn2)nc1)c1ccco1. The zero-order valence-corrected chi connectivity index (χ0v) is 16.5. The summed E-state index contributed by atoms with van der Waals surface area (Å²) in [4.78, 5) is 33.5. The number of hydrogen-bond donors (Lipinski definition) is 2. The van der Waals surface area contributed by atoms with Crippen LogP contribution in [0.1, 0.15) is 21.7 Å². The third kappa shape index (κ3) is 5.21. The van der Waals surface area contributed by atoms with Crippen molar-refractivity contribution in [1.82, 2.24) is 30.4 Å². The van der Waals surface area contributed by atoms with Crippen LogP contribution in [-0.4, -0.2) is 37.6 Å². The van der Waals surface area contributed by atoms with E-state index >= 15 is 0 Å². The molecule has 4 rings (SSSR count). The van der Waals surface area contributed by atoms with Gasteiger partial charge in [-0.25, -0.2) is 14.6 Å². The molecule has 2 amide bonds. The summed E-state index contributed by atoms with van der Waals surface area (Å²) in [6.07, 6.45) is 6.41. The number of rotatable bonds is 8. The first-order valence-corrected chi connectivity index (χ1v) is 9.65. The van der Waals surface area contributed by atoms with Crippen LogP contribution in [0.25, 0.3) is 5.82 Å². The van der Waals surface area contributed by atoms with E-state index in [2.05, 4.69) is 25.7 Å². The average molecular weight is 416 g/mol. The molecule has 0 spiro atoms. The van der Waals surface area contributed by atoms with Gasteiger partial charge in [0.05, 0.1) is 6.26 Å². The Labute approximate surface area is 178 Å². The van der Waals surface area contributed by atoms with E-state index in [0.717, 1.165) is 11.1 Å². The Hall–Kier alpha value is -4.27. The molecule has 0 radical (unpaired) electrons. The van der Waals surface area contributed by atoms with Crippen LogP contribution in [0.3, 0.4) is 0 Å². The highest BCUT2D eigenvalue weighted by molar-refractivity contribution is 5.95. The molecule has 0 aliphatic rings. The van der Waals surface area contributed by atoms with E-state index in [1.54, 1.807) is 35.4 Å². The van der Waals surface area contributed by atoms with E-state index in [9.17, 15) is 9.59 Å². The zero-order chi connectivity index (χ0) is 21.5. The Bertz CT molecular complexity index is 1110. The van der Waals surface area contributed by atoms with Crippen LogP contribution >= 0.6 is 0 Å². The lowest BCUT2D eigenvalue weighted by molar-refractivity contribution is -0.123. The lowest BCUT2D eigenvalue weighted by atomic mass is 10.0. The van der Waals surface area contributed by atoms with E-state index in [1.807, 2.05) is 36.4 Å². The Kier molecular flexibility index (Phi) is 6.13. The Morgan fingerprint density at radius 1 is 1.03 bits per heavy atom. The second-order valence-electron chi connectivity index (χ2n) is 6.78. The van der Waals surface area contributed by atoms with Gasteiger partial charge in [-0.05, 0) is 29.3 Å². The number of hydrogen-bond acceptors (Lipinski definition) is 6. The van der Waals surface area contributed by atoms with Gasteiger partial charge in [-0.15, -0.1) is 0 Å². The first kappa shape index (κ1) is 20.0. The summed E-state index contributed by atoms with van der Waals surface area (Å²) in [6, 6.07) is 15.5. The van der Waals surface area contributed by atoms with Gasteiger partial charge >= 0.3 is 0 Å². The molecule has 0 unspecified atom stereocenters. The summed E-state index contributed by atoms with van der Waals surface area (Å²) in [5.74, 6) is 0.0306. The monoisotopic (exact) mass is 416 g/mol. The molecule has 0 fully saturated rings. The quantitative estimate of drug-likeness (QED) is 0.453. The van der Waals surface area contributed by atoms with Gasteiger partial charge in [0.15, 0.2) is 11.6 Å². The molecule has 0 saturated heterocycles. The predicted octanol–water partition coefficient (Wildman–Crippen LogP) is 1.91. The second-order valence-corrected chi connectivity index (χ2v) is 6.78. The van der Waals surface area contributed by atoms with Crippen LogP contribution in [0.5, 0.6) is 0 Å². The Balaban J connectivity index is 1.41. The molecule has 0 aliphatic heterocycles. The number of nitrogens with zero attached hydrogens (tertiary/aromatic N) is 4. The first-order chi connectivity index (χ1) is 15.2. The van der Waals surface area contributed by atoms with Crippen molar-refractivity contribution in [3.05, 3.63) is 96.6 Å². The minimum atomic E-state index is -0.762. The molecular formula is C22H20N6O3. The molecule has 31 heavy (non-hydrogen) atoms. The van der Waals surface area contributed by atoms with Crippen molar-refractivity contribution in [2.24, 2.45) is 0 Å². The molecule has 3 heterocycles. The maximum Gasteiger partial charge on any atom is 0.287 e. The predicted molar refractivity (Wildman–Crippen MR) is 111 cm³/mol. The molecule has 9 nitrogen and oxygen atoms in total. The molecule has 156 valence electrons. The minimum Gasteiger partial charge on any atom is -0.459 e. The summed E-state index contributed by atoms with van der Waals surface area (Å²) in [7, 11) is 0. The van der Waals surface area contributed by atoms with Gasteiger partial charge in [-0.2, -0.15) is 5.10 Å². The fourth-order valence-electron chi connectivity index (χ4n) is 2.99. The normalized spacial score (nSPS) is 11.6. The van der Waals surface area contributed by atoms with Gasteiger partial charge in [0, 0.05) is 19.2 Å². The lowest BCUT2D eigenvalue weighted by Crippen LogP contribution is -2.47. The van der Waals surface area contributed by atoms with Crippen molar-refractivity contribution in [3.8, 4) is 5.82 Å². The van der Waals surface area contributed by atoms with Gasteiger partial charge < -0.3 is 15.1 Å². The van der Waals surface area contributed by atoms with E-state index < -0.39 is 11.9 Å². The number of aromatic nitrogens is 4. The van der Waals surface area contributed by atoms with E-state index in [4.69, 9.17) is 4.42 Å². The third-order valence-corrected chi connectivity index (χ3v) is 4.58. The molecule has 1 aromatic carbocycles. The van der Waals surface area contributed by atoms with Crippen LogP contribution in [0, 0.1) is 0 Å². The van der Waals surface area contributed by atoms with Gasteiger partial charge in [0.1, 0.15) is 18.7 Å². The van der Waals surface area contributed by atoms with Crippen molar-refractivity contribution >= 4 is 11.8 Å². The van der Waals surface area contributed by atoms with Crippen molar-refractivity contribution in [2.75, 3.05) is 0 Å². The summed E-state index contributed by atoms with van der Waals surface area (Å²) < 4.78 is 6.68. The molecule has 3 aromatic heterocycles. The van der Waals surface area contributed by atoms with Crippen LogP contribution in [0.15, 0.2) is 84.1 Å². The van der Waals surface area contributed by atoms with Gasteiger partial charge in [-0.3, -0.25) is 9.59 Å².